The van der Waals surface area contributed by atoms with Crippen LogP contribution < -0.4 is 5.32 Å². The zero-order chi connectivity index (χ0) is 20.4. The zero-order valence-electron chi connectivity index (χ0n) is 16.9. The molecule has 0 atom stereocenters. The van der Waals surface area contributed by atoms with Crippen molar-refractivity contribution in [3.63, 3.8) is 0 Å². The van der Waals surface area contributed by atoms with Crippen LogP contribution in [-0.2, 0) is 21.5 Å². The van der Waals surface area contributed by atoms with Crippen molar-refractivity contribution in [2.24, 2.45) is 0 Å². The van der Waals surface area contributed by atoms with Gasteiger partial charge in [0.05, 0.1) is 17.7 Å². The first-order valence-electron chi connectivity index (χ1n) is 10.0. The number of piperidine rings is 1. The van der Waals surface area contributed by atoms with E-state index in [0.717, 1.165) is 22.5 Å². The van der Waals surface area contributed by atoms with Crippen molar-refractivity contribution in [1.82, 2.24) is 19.6 Å². The van der Waals surface area contributed by atoms with E-state index in [-0.39, 0.29) is 11.8 Å². The van der Waals surface area contributed by atoms with Crippen molar-refractivity contribution >= 4 is 17.5 Å². The Labute approximate surface area is 170 Å². The quantitative estimate of drug-likeness (QED) is 0.745. The Morgan fingerprint density at radius 2 is 1.83 bits per heavy atom. The minimum Gasteiger partial charge on any atom is -0.350 e. The minimum absolute atomic E-state index is 0.000630. The van der Waals surface area contributed by atoms with E-state index in [0.29, 0.717) is 32.5 Å². The molecule has 3 aromatic rings. The maximum Gasteiger partial charge on any atom is 0.231 e. The number of benzene rings is 1. The second-order valence-corrected chi connectivity index (χ2v) is 7.79. The maximum absolute atomic E-state index is 13.4. The summed E-state index contributed by atoms with van der Waals surface area (Å²) in [5, 5.41) is 3.11. The van der Waals surface area contributed by atoms with Crippen molar-refractivity contribution in [1.29, 1.82) is 0 Å². The molecule has 1 saturated heterocycles. The van der Waals surface area contributed by atoms with Gasteiger partial charge in [0, 0.05) is 32.4 Å². The number of carbonyl (C=O) groups is 2. The average Bonchev–Trinajstić information content (AvgIpc) is 3.17. The summed E-state index contributed by atoms with van der Waals surface area (Å²) < 4.78 is 1.98. The number of pyridine rings is 1. The predicted octanol–water partition coefficient (Wildman–Crippen LogP) is 2.84. The summed E-state index contributed by atoms with van der Waals surface area (Å²) >= 11 is 0. The van der Waals surface area contributed by atoms with Crippen LogP contribution in [0.15, 0.2) is 54.9 Å². The molecule has 150 valence electrons. The average molecular weight is 390 g/mol. The Morgan fingerprint density at radius 1 is 1.10 bits per heavy atom. The highest BCUT2D eigenvalue weighted by Crippen LogP contribution is 2.36. The molecule has 29 heavy (non-hydrogen) atoms. The number of imidazole rings is 1. The Bertz CT molecular complexity index is 1030. The molecule has 2 amide bonds. The number of fused-ring (bicyclic) bond motifs is 1. The van der Waals surface area contributed by atoms with Gasteiger partial charge in [-0.3, -0.25) is 9.59 Å². The summed E-state index contributed by atoms with van der Waals surface area (Å²) in [4.78, 5) is 31.6. The van der Waals surface area contributed by atoms with E-state index in [1.54, 1.807) is 6.92 Å². The molecule has 0 radical (unpaired) electrons. The Kier molecular flexibility index (Phi) is 5.09. The molecule has 0 spiro atoms. The predicted molar refractivity (Wildman–Crippen MR) is 111 cm³/mol. The van der Waals surface area contributed by atoms with Crippen molar-refractivity contribution in [3.8, 4) is 0 Å². The molecule has 4 rings (SSSR count). The first-order valence-corrected chi connectivity index (χ1v) is 10.0. The van der Waals surface area contributed by atoms with Crippen molar-refractivity contribution in [3.05, 3.63) is 71.7 Å². The summed E-state index contributed by atoms with van der Waals surface area (Å²) in [5.74, 6) is 0.0628. The smallest absolute Gasteiger partial charge is 0.231 e. The third-order valence-electron chi connectivity index (χ3n) is 5.98. The molecule has 0 unspecified atom stereocenters. The third kappa shape index (κ3) is 3.62. The van der Waals surface area contributed by atoms with E-state index in [9.17, 15) is 9.59 Å². The van der Waals surface area contributed by atoms with Crippen LogP contribution in [0.2, 0.25) is 0 Å². The number of nitrogens with zero attached hydrogens (tertiary/aromatic N) is 3. The molecule has 0 aliphatic carbocycles. The topological polar surface area (TPSA) is 66.7 Å². The molecule has 1 aliphatic rings. The lowest BCUT2D eigenvalue weighted by Gasteiger charge is -2.40. The van der Waals surface area contributed by atoms with Gasteiger partial charge in [-0.05, 0) is 37.0 Å². The number of aromatic nitrogens is 2. The van der Waals surface area contributed by atoms with Crippen LogP contribution in [0.4, 0.5) is 0 Å². The summed E-state index contributed by atoms with van der Waals surface area (Å²) in [6.45, 7) is 5.17. The number of carbonyl (C=O) groups excluding carboxylic acids is 2. The Hall–Kier alpha value is -3.15. The fourth-order valence-electron chi connectivity index (χ4n) is 4.24. The van der Waals surface area contributed by atoms with E-state index in [2.05, 4.69) is 10.3 Å². The molecule has 1 fully saturated rings. The normalized spacial score (nSPS) is 16.0. The van der Waals surface area contributed by atoms with Crippen LogP contribution in [0.1, 0.15) is 36.6 Å². The van der Waals surface area contributed by atoms with Crippen molar-refractivity contribution < 1.29 is 9.59 Å². The standard InChI is InChI=1S/C23H26N4O2/c1-17-7-6-12-27-16-20(25-21(17)27)15-24-22(29)23(19-8-4-3-5-9-19)10-13-26(14-11-23)18(2)28/h3-9,12,16H,10-11,13-15H2,1-2H3,(H,24,29). The highest BCUT2D eigenvalue weighted by atomic mass is 16.2. The molecular weight excluding hydrogens is 364 g/mol. The first-order chi connectivity index (χ1) is 14.0. The van der Waals surface area contributed by atoms with Gasteiger partial charge in [-0.1, -0.05) is 36.4 Å². The molecule has 1 aliphatic heterocycles. The van der Waals surface area contributed by atoms with Gasteiger partial charge in [-0.25, -0.2) is 4.98 Å². The summed E-state index contributed by atoms with van der Waals surface area (Å²) in [5.41, 5.74) is 3.22. The Morgan fingerprint density at radius 3 is 2.48 bits per heavy atom. The Balaban J connectivity index is 1.55. The number of hydrogen-bond donors (Lipinski definition) is 1. The molecule has 1 aromatic carbocycles. The molecule has 2 aromatic heterocycles. The summed E-state index contributed by atoms with van der Waals surface area (Å²) in [6.07, 6.45) is 5.15. The third-order valence-corrected chi connectivity index (χ3v) is 5.98. The highest BCUT2D eigenvalue weighted by molar-refractivity contribution is 5.88. The molecule has 6 nitrogen and oxygen atoms in total. The lowest BCUT2D eigenvalue weighted by Crippen LogP contribution is -2.52. The van der Waals surface area contributed by atoms with Gasteiger partial charge < -0.3 is 14.6 Å². The number of likely N-dealkylation sites (tertiary alicyclic amines) is 1. The van der Waals surface area contributed by atoms with Crippen LogP contribution in [0.5, 0.6) is 0 Å². The molecular formula is C23H26N4O2. The van der Waals surface area contributed by atoms with Crippen LogP contribution in [0.3, 0.4) is 0 Å². The van der Waals surface area contributed by atoms with E-state index < -0.39 is 5.41 Å². The van der Waals surface area contributed by atoms with E-state index >= 15 is 0 Å². The maximum atomic E-state index is 13.4. The largest absolute Gasteiger partial charge is 0.350 e. The first kappa shape index (κ1) is 19.2. The number of hydrogen-bond acceptors (Lipinski definition) is 3. The van der Waals surface area contributed by atoms with Gasteiger partial charge in [-0.15, -0.1) is 0 Å². The molecule has 0 saturated carbocycles. The van der Waals surface area contributed by atoms with Crippen LogP contribution in [0, 0.1) is 6.92 Å². The number of amides is 2. The molecule has 1 N–H and O–H groups in total. The van der Waals surface area contributed by atoms with Gasteiger partial charge in [-0.2, -0.15) is 0 Å². The van der Waals surface area contributed by atoms with Crippen LogP contribution >= 0.6 is 0 Å². The van der Waals surface area contributed by atoms with Gasteiger partial charge in [0.15, 0.2) is 0 Å². The minimum atomic E-state index is -0.623. The van der Waals surface area contributed by atoms with E-state index in [1.807, 2.05) is 71.1 Å². The number of rotatable bonds is 4. The van der Waals surface area contributed by atoms with Gasteiger partial charge in [0.1, 0.15) is 5.65 Å². The highest BCUT2D eigenvalue weighted by Gasteiger charge is 2.43. The lowest BCUT2D eigenvalue weighted by molar-refractivity contribution is -0.135. The monoisotopic (exact) mass is 390 g/mol. The fourth-order valence-corrected chi connectivity index (χ4v) is 4.24. The van der Waals surface area contributed by atoms with E-state index in [1.165, 1.54) is 0 Å². The second kappa shape index (κ2) is 7.70. The summed E-state index contributed by atoms with van der Waals surface area (Å²) in [6, 6.07) is 13.9. The van der Waals surface area contributed by atoms with Gasteiger partial charge in [0.25, 0.3) is 0 Å². The SMILES string of the molecule is CC(=O)N1CCC(C(=O)NCc2cn3cccc(C)c3n2)(c2ccccc2)CC1. The van der Waals surface area contributed by atoms with Crippen LogP contribution in [0.25, 0.3) is 5.65 Å². The van der Waals surface area contributed by atoms with Crippen molar-refractivity contribution in [2.75, 3.05) is 13.1 Å². The number of aryl methyl sites for hydroxylation is 1. The zero-order valence-corrected chi connectivity index (χ0v) is 16.9. The van der Waals surface area contributed by atoms with E-state index in [4.69, 9.17) is 0 Å². The molecule has 3 heterocycles. The van der Waals surface area contributed by atoms with Crippen molar-refractivity contribution in [2.45, 2.75) is 38.6 Å². The van der Waals surface area contributed by atoms with Gasteiger partial charge >= 0.3 is 0 Å². The summed E-state index contributed by atoms with van der Waals surface area (Å²) in [7, 11) is 0. The van der Waals surface area contributed by atoms with Gasteiger partial charge in [0.2, 0.25) is 11.8 Å². The lowest BCUT2D eigenvalue weighted by atomic mass is 9.72. The number of nitrogens with one attached hydrogen (secondary N) is 1. The van der Waals surface area contributed by atoms with Crippen LogP contribution in [-0.4, -0.2) is 39.2 Å². The molecule has 0 bridgehead atoms. The second-order valence-electron chi connectivity index (χ2n) is 7.79. The molecule has 6 heteroatoms. The fraction of sp³-hybridized carbons (Fsp3) is 0.348.